The van der Waals surface area contributed by atoms with Crippen LogP contribution in [0.4, 0.5) is 0 Å². The standard InChI is InChI=1S/C45H47N2P3/c1-46(48(39-23-8-2-9-24-39)40-25-10-3-11-26-40)45-35-21-20-22-38(45)36-37-47(49(41-27-12-4-13-28-41)42-29-14-5-15-30-42)50(43-31-16-6-17-32-43)44-33-18-7-19-34-44/h2-19,23-34,38,45H,20-22,35-37H2,1H3. The molecular formula is C45H47N2P3. The zero-order valence-corrected chi connectivity index (χ0v) is 31.6. The second kappa shape index (κ2) is 17.6. The first-order valence-electron chi connectivity index (χ1n) is 18.0. The molecule has 0 radical (unpaired) electrons. The van der Waals surface area contributed by atoms with E-state index in [4.69, 9.17) is 0 Å². The molecule has 7 rings (SSSR count). The van der Waals surface area contributed by atoms with Gasteiger partial charge in [0.2, 0.25) is 0 Å². The maximum atomic E-state index is 2.95. The highest BCUT2D eigenvalue weighted by molar-refractivity contribution is 7.84. The maximum Gasteiger partial charge on any atom is 0.0323 e. The minimum absolute atomic E-state index is 0.538. The summed E-state index contributed by atoms with van der Waals surface area (Å²) in [5, 5.41) is 8.55. The minimum Gasteiger partial charge on any atom is -0.275 e. The maximum absolute atomic E-state index is 2.95. The van der Waals surface area contributed by atoms with Crippen molar-refractivity contribution in [3.63, 3.8) is 0 Å². The average molecular weight is 709 g/mol. The topological polar surface area (TPSA) is 6.48 Å². The average Bonchev–Trinajstić information content (AvgIpc) is 3.20. The fourth-order valence-corrected chi connectivity index (χ4v) is 16.1. The lowest BCUT2D eigenvalue weighted by atomic mass is 9.82. The summed E-state index contributed by atoms with van der Waals surface area (Å²) in [5.74, 6) is 0.625. The van der Waals surface area contributed by atoms with Crippen LogP contribution in [0.15, 0.2) is 182 Å². The molecule has 6 aromatic carbocycles. The first-order chi connectivity index (χ1) is 24.8. The molecule has 6 aromatic rings. The summed E-state index contributed by atoms with van der Waals surface area (Å²) in [5.41, 5.74) is 0. The Hall–Kier alpha value is -3.47. The van der Waals surface area contributed by atoms with Gasteiger partial charge in [0.15, 0.2) is 0 Å². The smallest absolute Gasteiger partial charge is 0.0323 e. The van der Waals surface area contributed by atoms with Gasteiger partial charge in [-0.3, -0.25) is 4.67 Å². The lowest BCUT2D eigenvalue weighted by molar-refractivity contribution is 0.194. The Labute approximate surface area is 303 Å². The molecule has 1 aliphatic rings. The van der Waals surface area contributed by atoms with Gasteiger partial charge in [0.05, 0.1) is 0 Å². The van der Waals surface area contributed by atoms with Gasteiger partial charge in [-0.15, -0.1) is 0 Å². The molecule has 0 bridgehead atoms. The number of hydrogen-bond acceptors (Lipinski definition) is 2. The SMILES string of the molecule is CN(C1CCCCC1CCN(P(c1ccccc1)c1ccccc1)P(c1ccccc1)c1ccccc1)P(c1ccccc1)c1ccccc1. The quantitative estimate of drug-likeness (QED) is 0.110. The van der Waals surface area contributed by atoms with Crippen LogP contribution in [0.2, 0.25) is 0 Å². The molecule has 0 aromatic heterocycles. The molecule has 5 heteroatoms. The summed E-state index contributed by atoms with van der Waals surface area (Å²) < 4.78 is 5.74. The fourth-order valence-electron chi connectivity index (χ4n) is 7.50. The fraction of sp³-hybridized carbons (Fsp3) is 0.200. The van der Waals surface area contributed by atoms with Crippen LogP contribution in [0.1, 0.15) is 32.1 Å². The van der Waals surface area contributed by atoms with Crippen molar-refractivity contribution >= 4 is 56.0 Å². The Morgan fingerprint density at radius 3 is 1.06 bits per heavy atom. The zero-order chi connectivity index (χ0) is 34.0. The van der Waals surface area contributed by atoms with Crippen molar-refractivity contribution in [1.29, 1.82) is 0 Å². The highest BCUT2D eigenvalue weighted by Crippen LogP contribution is 2.55. The minimum atomic E-state index is -0.790. The molecule has 1 aliphatic carbocycles. The summed E-state index contributed by atoms with van der Waals surface area (Å²) in [7, 11) is 0.216. The number of benzene rings is 6. The third kappa shape index (κ3) is 8.35. The number of rotatable bonds is 13. The predicted molar refractivity (Wildman–Crippen MR) is 222 cm³/mol. The van der Waals surface area contributed by atoms with E-state index in [9.17, 15) is 0 Å². The summed E-state index contributed by atoms with van der Waals surface area (Å²) >= 11 is 0. The Balaban J connectivity index is 1.28. The summed E-state index contributed by atoms with van der Waals surface area (Å²) in [6.45, 7) is 1.05. The second-order valence-corrected chi connectivity index (χ2v) is 19.9. The summed E-state index contributed by atoms with van der Waals surface area (Å²) in [4.78, 5) is 0. The first-order valence-corrected chi connectivity index (χ1v) is 21.9. The molecule has 1 saturated carbocycles. The van der Waals surface area contributed by atoms with Crippen molar-refractivity contribution in [3.8, 4) is 0 Å². The van der Waals surface area contributed by atoms with Crippen LogP contribution < -0.4 is 31.8 Å². The lowest BCUT2D eigenvalue weighted by Gasteiger charge is -2.44. The molecule has 0 amide bonds. The van der Waals surface area contributed by atoms with E-state index in [0.29, 0.717) is 12.0 Å². The van der Waals surface area contributed by atoms with Gasteiger partial charge >= 0.3 is 0 Å². The van der Waals surface area contributed by atoms with Crippen LogP contribution in [0.5, 0.6) is 0 Å². The van der Waals surface area contributed by atoms with Crippen molar-refractivity contribution in [2.24, 2.45) is 5.92 Å². The molecule has 2 atom stereocenters. The van der Waals surface area contributed by atoms with Gasteiger partial charge in [-0.25, -0.2) is 4.44 Å². The molecule has 1 fully saturated rings. The van der Waals surface area contributed by atoms with E-state index in [1.54, 1.807) is 0 Å². The molecule has 2 unspecified atom stereocenters. The van der Waals surface area contributed by atoms with Crippen LogP contribution in [0.25, 0.3) is 0 Å². The van der Waals surface area contributed by atoms with E-state index >= 15 is 0 Å². The van der Waals surface area contributed by atoms with Gasteiger partial charge in [0.1, 0.15) is 0 Å². The molecule has 0 heterocycles. The molecular weight excluding hydrogens is 661 g/mol. The highest BCUT2D eigenvalue weighted by Gasteiger charge is 2.36. The van der Waals surface area contributed by atoms with Gasteiger partial charge < -0.3 is 0 Å². The Bertz CT molecular complexity index is 1640. The number of hydrogen-bond donors (Lipinski definition) is 0. The molecule has 2 nitrogen and oxygen atoms in total. The molecule has 0 spiro atoms. The predicted octanol–water partition coefficient (Wildman–Crippen LogP) is 9.31. The molecule has 0 saturated heterocycles. The third-order valence-corrected chi connectivity index (χ3v) is 17.9. The molecule has 0 aliphatic heterocycles. The van der Waals surface area contributed by atoms with E-state index in [1.165, 1.54) is 63.9 Å². The zero-order valence-electron chi connectivity index (χ0n) is 29.0. The van der Waals surface area contributed by atoms with Crippen LogP contribution in [-0.4, -0.2) is 28.7 Å². The van der Waals surface area contributed by atoms with E-state index in [2.05, 4.69) is 198 Å². The van der Waals surface area contributed by atoms with E-state index < -0.39 is 24.2 Å². The van der Waals surface area contributed by atoms with E-state index in [-0.39, 0.29) is 0 Å². The second-order valence-electron chi connectivity index (χ2n) is 13.0. The monoisotopic (exact) mass is 708 g/mol. The lowest BCUT2D eigenvalue weighted by Crippen LogP contribution is -2.42. The summed E-state index contributed by atoms with van der Waals surface area (Å²) in [6.07, 6.45) is 6.36. The molecule has 50 heavy (non-hydrogen) atoms. The largest absolute Gasteiger partial charge is 0.275 e. The van der Waals surface area contributed by atoms with Crippen LogP contribution in [0, 0.1) is 5.92 Å². The third-order valence-electron chi connectivity index (χ3n) is 9.83. The Morgan fingerprint density at radius 2 is 0.720 bits per heavy atom. The van der Waals surface area contributed by atoms with Crippen LogP contribution in [-0.2, 0) is 0 Å². The van der Waals surface area contributed by atoms with Gasteiger partial charge in [0.25, 0.3) is 0 Å². The normalized spacial score (nSPS) is 16.4. The van der Waals surface area contributed by atoms with E-state index in [0.717, 1.165) is 6.54 Å². The molecule has 252 valence electrons. The molecule has 0 N–H and O–H groups in total. The van der Waals surface area contributed by atoms with Crippen molar-refractivity contribution in [1.82, 2.24) is 9.11 Å². The van der Waals surface area contributed by atoms with Crippen LogP contribution >= 0.6 is 24.2 Å². The van der Waals surface area contributed by atoms with E-state index in [1.807, 2.05) is 0 Å². The number of nitrogens with zero attached hydrogens (tertiary/aromatic N) is 2. The first kappa shape index (κ1) is 35.0. The van der Waals surface area contributed by atoms with Gasteiger partial charge in [-0.2, -0.15) is 0 Å². The van der Waals surface area contributed by atoms with Gasteiger partial charge in [0, 0.05) is 36.8 Å². The van der Waals surface area contributed by atoms with Crippen LogP contribution in [0.3, 0.4) is 0 Å². The Morgan fingerprint density at radius 1 is 0.420 bits per heavy atom. The summed E-state index contributed by atoms with van der Waals surface area (Å²) in [6, 6.07) is 68.3. The van der Waals surface area contributed by atoms with Crippen molar-refractivity contribution < 1.29 is 0 Å². The highest BCUT2D eigenvalue weighted by atomic mass is 31.2. The van der Waals surface area contributed by atoms with Crippen molar-refractivity contribution in [2.75, 3.05) is 13.6 Å². The van der Waals surface area contributed by atoms with Gasteiger partial charge in [-0.1, -0.05) is 195 Å². The Kier molecular flexibility index (Phi) is 12.3. The van der Waals surface area contributed by atoms with Crippen molar-refractivity contribution in [3.05, 3.63) is 182 Å². The van der Waals surface area contributed by atoms with Gasteiger partial charge in [-0.05, 0) is 64.1 Å². The van der Waals surface area contributed by atoms with Crippen molar-refractivity contribution in [2.45, 2.75) is 38.1 Å².